The van der Waals surface area contributed by atoms with Crippen LogP contribution in [-0.4, -0.2) is 20.5 Å². The molecule has 0 fully saturated rings. The zero-order valence-corrected chi connectivity index (χ0v) is 14.2. The number of hydrogen-bond donors (Lipinski definition) is 2. The quantitative estimate of drug-likeness (QED) is 0.838. The van der Waals surface area contributed by atoms with Gasteiger partial charge in [0.1, 0.15) is 0 Å². The van der Waals surface area contributed by atoms with Gasteiger partial charge in [-0.25, -0.2) is 13.1 Å². The predicted octanol–water partition coefficient (Wildman–Crippen LogP) is 2.75. The molecule has 0 radical (unpaired) electrons. The van der Waals surface area contributed by atoms with Crippen molar-refractivity contribution in [3.63, 3.8) is 0 Å². The van der Waals surface area contributed by atoms with Crippen molar-refractivity contribution in [2.45, 2.75) is 31.2 Å². The molecule has 108 valence electrons. The third-order valence-corrected chi connectivity index (χ3v) is 6.09. The van der Waals surface area contributed by atoms with E-state index < -0.39 is 15.6 Å². The van der Waals surface area contributed by atoms with Gasteiger partial charge < -0.3 is 5.73 Å². The Kier molecular flexibility index (Phi) is 5.43. The molecule has 0 bridgehead atoms. The molecule has 0 amide bonds. The fourth-order valence-corrected chi connectivity index (χ4v) is 3.62. The molecule has 3 N–H and O–H groups in total. The van der Waals surface area contributed by atoms with Gasteiger partial charge in [0.25, 0.3) is 0 Å². The van der Waals surface area contributed by atoms with E-state index in [4.69, 9.17) is 17.3 Å². The Bertz CT molecular complexity index is 563. The summed E-state index contributed by atoms with van der Waals surface area (Å²) < 4.78 is 27.9. The fourth-order valence-electron chi connectivity index (χ4n) is 1.41. The van der Waals surface area contributed by atoms with Gasteiger partial charge in [-0.2, -0.15) is 0 Å². The Morgan fingerprint density at radius 2 is 2.05 bits per heavy atom. The van der Waals surface area contributed by atoms with Crippen LogP contribution in [0.2, 0.25) is 5.02 Å². The van der Waals surface area contributed by atoms with Crippen LogP contribution in [0, 0.1) is 5.92 Å². The van der Waals surface area contributed by atoms with Crippen LogP contribution in [0.3, 0.4) is 0 Å². The van der Waals surface area contributed by atoms with Crippen LogP contribution in [0.15, 0.2) is 27.6 Å². The van der Waals surface area contributed by atoms with E-state index in [1.165, 1.54) is 18.2 Å². The summed E-state index contributed by atoms with van der Waals surface area (Å²) in [5, 5.41) is 0.462. The van der Waals surface area contributed by atoms with Crippen LogP contribution in [0.25, 0.3) is 0 Å². The van der Waals surface area contributed by atoms with Crippen molar-refractivity contribution < 1.29 is 8.42 Å². The highest BCUT2D eigenvalue weighted by Crippen LogP contribution is 2.26. The van der Waals surface area contributed by atoms with Crippen molar-refractivity contribution in [2.24, 2.45) is 11.7 Å². The molecular weight excluding hydrogens is 352 g/mol. The molecule has 1 rings (SSSR count). The SMILES string of the molecule is CC(C)C(C)(CN)NS(=O)(=O)c1ccc(Cl)c(Br)c1. The summed E-state index contributed by atoms with van der Waals surface area (Å²) >= 11 is 9.07. The monoisotopic (exact) mass is 368 g/mol. The number of halogens is 2. The number of sulfonamides is 1. The molecule has 0 saturated carbocycles. The second-order valence-corrected chi connectivity index (χ2v) is 7.90. The number of nitrogens with two attached hydrogens (primary N) is 1. The molecule has 0 saturated heterocycles. The van der Waals surface area contributed by atoms with E-state index in [0.717, 1.165) is 0 Å². The molecular formula is C12H18BrClN2O2S. The van der Waals surface area contributed by atoms with Gasteiger partial charge in [-0.3, -0.25) is 0 Å². The minimum absolute atomic E-state index is 0.0722. The Morgan fingerprint density at radius 1 is 1.47 bits per heavy atom. The van der Waals surface area contributed by atoms with Gasteiger partial charge in [-0.1, -0.05) is 25.4 Å². The summed E-state index contributed by atoms with van der Waals surface area (Å²) in [6.45, 7) is 5.86. The molecule has 0 heterocycles. The van der Waals surface area contributed by atoms with Gasteiger partial charge >= 0.3 is 0 Å². The van der Waals surface area contributed by atoms with Gasteiger partial charge in [0.2, 0.25) is 10.0 Å². The lowest BCUT2D eigenvalue weighted by atomic mass is 9.90. The maximum Gasteiger partial charge on any atom is 0.241 e. The van der Waals surface area contributed by atoms with Gasteiger partial charge in [0, 0.05) is 16.6 Å². The highest BCUT2D eigenvalue weighted by molar-refractivity contribution is 9.10. The second kappa shape index (κ2) is 6.10. The first-order valence-corrected chi connectivity index (χ1v) is 8.47. The lowest BCUT2D eigenvalue weighted by Crippen LogP contribution is -2.54. The van der Waals surface area contributed by atoms with E-state index in [-0.39, 0.29) is 17.4 Å². The van der Waals surface area contributed by atoms with Crippen LogP contribution in [0.4, 0.5) is 0 Å². The van der Waals surface area contributed by atoms with Crippen LogP contribution in [-0.2, 0) is 10.0 Å². The number of rotatable bonds is 5. The number of nitrogens with one attached hydrogen (secondary N) is 1. The van der Waals surface area contributed by atoms with Crippen molar-refractivity contribution in [3.05, 3.63) is 27.7 Å². The van der Waals surface area contributed by atoms with Gasteiger partial charge in [-0.05, 0) is 47.0 Å². The zero-order chi connectivity index (χ0) is 14.8. The molecule has 1 unspecified atom stereocenters. The average Bonchev–Trinajstić information content (AvgIpc) is 2.31. The molecule has 4 nitrogen and oxygen atoms in total. The first kappa shape index (κ1) is 16.9. The van der Waals surface area contributed by atoms with Gasteiger partial charge in [0.05, 0.1) is 9.92 Å². The summed E-state index contributed by atoms with van der Waals surface area (Å²) in [5.41, 5.74) is 5.00. The molecule has 1 aromatic rings. The third-order valence-electron chi connectivity index (χ3n) is 3.27. The summed E-state index contributed by atoms with van der Waals surface area (Å²) in [6.07, 6.45) is 0. The summed E-state index contributed by atoms with van der Waals surface area (Å²) in [7, 11) is -3.63. The molecule has 0 aliphatic rings. The lowest BCUT2D eigenvalue weighted by Gasteiger charge is -2.33. The van der Waals surface area contributed by atoms with Crippen molar-refractivity contribution in [1.29, 1.82) is 0 Å². The highest BCUT2D eigenvalue weighted by atomic mass is 79.9. The van der Waals surface area contributed by atoms with Crippen LogP contribution < -0.4 is 10.5 Å². The molecule has 0 aromatic heterocycles. The van der Waals surface area contributed by atoms with Crippen molar-refractivity contribution in [3.8, 4) is 0 Å². The van der Waals surface area contributed by atoms with E-state index in [1.54, 1.807) is 6.92 Å². The summed E-state index contributed by atoms with van der Waals surface area (Å²) in [6, 6.07) is 4.48. The maximum absolute atomic E-state index is 12.3. The van der Waals surface area contributed by atoms with E-state index in [1.807, 2.05) is 13.8 Å². The smallest absolute Gasteiger partial charge is 0.241 e. The first-order chi connectivity index (χ1) is 8.62. The van der Waals surface area contributed by atoms with E-state index in [2.05, 4.69) is 20.7 Å². The molecule has 19 heavy (non-hydrogen) atoms. The summed E-state index contributed by atoms with van der Waals surface area (Å²) in [4.78, 5) is 0.157. The zero-order valence-electron chi connectivity index (χ0n) is 11.1. The average molecular weight is 370 g/mol. The topological polar surface area (TPSA) is 72.2 Å². The van der Waals surface area contributed by atoms with E-state index >= 15 is 0 Å². The summed E-state index contributed by atoms with van der Waals surface area (Å²) in [5.74, 6) is 0.0722. The molecule has 1 aromatic carbocycles. The Balaban J connectivity index is 3.14. The van der Waals surface area contributed by atoms with Crippen LogP contribution >= 0.6 is 27.5 Å². The lowest BCUT2D eigenvalue weighted by molar-refractivity contribution is 0.315. The van der Waals surface area contributed by atoms with Crippen molar-refractivity contribution in [2.75, 3.05) is 6.54 Å². The normalized spacial score (nSPS) is 15.5. The maximum atomic E-state index is 12.3. The molecule has 7 heteroatoms. The minimum atomic E-state index is -3.63. The molecule has 1 atom stereocenters. The number of hydrogen-bond acceptors (Lipinski definition) is 3. The molecule has 0 spiro atoms. The first-order valence-electron chi connectivity index (χ1n) is 5.81. The van der Waals surface area contributed by atoms with Crippen molar-refractivity contribution >= 4 is 37.6 Å². The Labute approximate surface area is 127 Å². The Hall–Kier alpha value is -0.140. The third kappa shape index (κ3) is 3.92. The van der Waals surface area contributed by atoms with Gasteiger partial charge in [-0.15, -0.1) is 0 Å². The largest absolute Gasteiger partial charge is 0.329 e. The van der Waals surface area contributed by atoms with Crippen LogP contribution in [0.5, 0.6) is 0 Å². The standard InChI is InChI=1S/C12H18BrClN2O2S/c1-8(2)12(3,7-15)16-19(17,18)9-4-5-11(14)10(13)6-9/h4-6,8,16H,7,15H2,1-3H3. The second-order valence-electron chi connectivity index (χ2n) is 4.96. The molecule has 0 aliphatic heterocycles. The van der Waals surface area contributed by atoms with Gasteiger partial charge in [0.15, 0.2) is 0 Å². The van der Waals surface area contributed by atoms with E-state index in [0.29, 0.717) is 9.50 Å². The van der Waals surface area contributed by atoms with Crippen molar-refractivity contribution in [1.82, 2.24) is 4.72 Å². The highest BCUT2D eigenvalue weighted by Gasteiger charge is 2.32. The minimum Gasteiger partial charge on any atom is -0.329 e. The number of benzene rings is 1. The van der Waals surface area contributed by atoms with Crippen LogP contribution in [0.1, 0.15) is 20.8 Å². The fraction of sp³-hybridized carbons (Fsp3) is 0.500. The Morgan fingerprint density at radius 3 is 2.47 bits per heavy atom. The molecule has 0 aliphatic carbocycles. The predicted molar refractivity (Wildman–Crippen MR) is 81.8 cm³/mol. The van der Waals surface area contributed by atoms with E-state index in [9.17, 15) is 8.42 Å².